The Bertz CT molecular complexity index is 487. The molecule has 0 aliphatic carbocycles. The van der Waals surface area contributed by atoms with Crippen LogP contribution in [-0.4, -0.2) is 43.4 Å². The minimum Gasteiger partial charge on any atom is -0.500 e. The average molecular weight is 307 g/mol. The fourth-order valence-corrected chi connectivity index (χ4v) is 2.55. The molecule has 0 unspecified atom stereocenters. The van der Waals surface area contributed by atoms with E-state index in [1.54, 1.807) is 13.2 Å². The van der Waals surface area contributed by atoms with E-state index in [0.717, 1.165) is 0 Å². The Labute approximate surface area is 131 Å². The normalized spacial score (nSPS) is 22.5. The topological polar surface area (TPSA) is 60.0 Å². The summed E-state index contributed by atoms with van der Waals surface area (Å²) in [6.45, 7) is 4.86. The lowest BCUT2D eigenvalue weighted by Gasteiger charge is -2.26. The van der Waals surface area contributed by atoms with Gasteiger partial charge in [0.2, 0.25) is 0 Å². The van der Waals surface area contributed by atoms with Crippen LogP contribution in [0, 0.1) is 0 Å². The van der Waals surface area contributed by atoms with Gasteiger partial charge in [-0.2, -0.15) is 0 Å². The van der Waals surface area contributed by atoms with Crippen molar-refractivity contribution in [1.82, 2.24) is 5.32 Å². The zero-order valence-electron chi connectivity index (χ0n) is 13.4. The van der Waals surface area contributed by atoms with Gasteiger partial charge in [-0.15, -0.1) is 0 Å². The number of aliphatic hydroxyl groups excluding tert-OH is 1. The van der Waals surface area contributed by atoms with Crippen LogP contribution in [0.15, 0.2) is 42.2 Å². The Hall–Kier alpha value is -1.40. The number of ether oxygens (including phenoxy) is 3. The molecule has 0 saturated carbocycles. The van der Waals surface area contributed by atoms with Gasteiger partial charge in [0.1, 0.15) is 11.9 Å². The second-order valence-corrected chi connectivity index (χ2v) is 5.70. The van der Waals surface area contributed by atoms with Crippen LogP contribution in [0.4, 0.5) is 0 Å². The van der Waals surface area contributed by atoms with Crippen molar-refractivity contribution in [2.45, 2.75) is 38.3 Å². The summed E-state index contributed by atoms with van der Waals surface area (Å²) in [6, 6.07) is 9.93. The number of aliphatic hydroxyl groups is 1. The molecular formula is C17H25NO4. The number of benzene rings is 1. The lowest BCUT2D eigenvalue weighted by atomic mass is 10.1. The van der Waals surface area contributed by atoms with Crippen molar-refractivity contribution in [2.75, 3.05) is 20.3 Å². The second kappa shape index (κ2) is 7.74. The molecule has 122 valence electrons. The van der Waals surface area contributed by atoms with Crippen LogP contribution in [0.25, 0.3) is 0 Å². The molecule has 1 aliphatic heterocycles. The van der Waals surface area contributed by atoms with Gasteiger partial charge in [-0.1, -0.05) is 30.3 Å². The molecule has 1 fully saturated rings. The summed E-state index contributed by atoms with van der Waals surface area (Å²) in [5.74, 6) is 0.0554. The van der Waals surface area contributed by atoms with E-state index >= 15 is 0 Å². The molecule has 5 heteroatoms. The van der Waals surface area contributed by atoms with Gasteiger partial charge >= 0.3 is 0 Å². The van der Waals surface area contributed by atoms with E-state index in [2.05, 4.69) is 17.4 Å². The Morgan fingerprint density at radius 2 is 2.18 bits per heavy atom. The molecule has 0 aromatic heterocycles. The van der Waals surface area contributed by atoms with E-state index in [1.807, 2.05) is 32.0 Å². The zero-order valence-corrected chi connectivity index (χ0v) is 13.4. The highest BCUT2D eigenvalue weighted by Crippen LogP contribution is 2.27. The van der Waals surface area contributed by atoms with Crippen molar-refractivity contribution in [3.05, 3.63) is 47.7 Å². The molecule has 2 atom stereocenters. The summed E-state index contributed by atoms with van der Waals surface area (Å²) in [6.07, 6.45) is 1.48. The van der Waals surface area contributed by atoms with Gasteiger partial charge in [0.15, 0.2) is 5.79 Å². The maximum Gasteiger partial charge on any atom is 0.163 e. The lowest BCUT2D eigenvalue weighted by Crippen LogP contribution is -2.43. The van der Waals surface area contributed by atoms with Gasteiger partial charge in [0.05, 0.1) is 26.4 Å². The summed E-state index contributed by atoms with van der Waals surface area (Å²) in [5.41, 5.74) is 1.17. The van der Waals surface area contributed by atoms with Crippen molar-refractivity contribution in [1.29, 1.82) is 0 Å². The van der Waals surface area contributed by atoms with E-state index in [4.69, 9.17) is 14.2 Å². The standard InChI is InChI=1S/C17H25NO4/c1-17(2)21-12-15(22-17)16(14(20-3)9-10-19)18-11-13-7-5-4-6-8-13/h4-9,15-16,18-19H,10-12H2,1-3H3/b14-9+/t15-,16+/m1/s1. The molecule has 1 saturated heterocycles. The van der Waals surface area contributed by atoms with Crippen LogP contribution in [0.2, 0.25) is 0 Å². The fourth-order valence-electron chi connectivity index (χ4n) is 2.55. The number of nitrogens with one attached hydrogen (secondary N) is 1. The summed E-state index contributed by atoms with van der Waals surface area (Å²) in [4.78, 5) is 0. The van der Waals surface area contributed by atoms with Gasteiger partial charge in [-0.3, -0.25) is 0 Å². The second-order valence-electron chi connectivity index (χ2n) is 5.70. The average Bonchev–Trinajstić information content (AvgIpc) is 2.87. The first-order chi connectivity index (χ1) is 10.6. The molecule has 5 nitrogen and oxygen atoms in total. The molecule has 1 aromatic rings. The van der Waals surface area contributed by atoms with Crippen LogP contribution in [0.5, 0.6) is 0 Å². The van der Waals surface area contributed by atoms with Gasteiger partial charge < -0.3 is 24.6 Å². The van der Waals surface area contributed by atoms with Crippen LogP contribution >= 0.6 is 0 Å². The third-order valence-electron chi connectivity index (χ3n) is 3.61. The molecule has 0 radical (unpaired) electrons. The fraction of sp³-hybridized carbons (Fsp3) is 0.529. The van der Waals surface area contributed by atoms with Crippen molar-refractivity contribution in [3.63, 3.8) is 0 Å². The molecular weight excluding hydrogens is 282 g/mol. The van der Waals surface area contributed by atoms with Gasteiger partial charge in [-0.25, -0.2) is 0 Å². The molecule has 22 heavy (non-hydrogen) atoms. The molecule has 0 spiro atoms. The Morgan fingerprint density at radius 3 is 2.73 bits per heavy atom. The molecule has 2 rings (SSSR count). The molecule has 1 aromatic carbocycles. The number of methoxy groups -OCH3 is 1. The SMILES string of the molecule is CO/C(=C/CO)[C@H](NCc1ccccc1)[C@H]1COC(C)(C)O1. The van der Waals surface area contributed by atoms with E-state index < -0.39 is 5.79 Å². The highest BCUT2D eigenvalue weighted by molar-refractivity contribution is 5.16. The van der Waals surface area contributed by atoms with E-state index in [-0.39, 0.29) is 18.8 Å². The van der Waals surface area contributed by atoms with Crippen molar-refractivity contribution in [3.8, 4) is 0 Å². The van der Waals surface area contributed by atoms with Crippen LogP contribution < -0.4 is 5.32 Å². The predicted molar refractivity (Wildman–Crippen MR) is 84.2 cm³/mol. The third-order valence-corrected chi connectivity index (χ3v) is 3.61. The molecule has 1 heterocycles. The Morgan fingerprint density at radius 1 is 1.45 bits per heavy atom. The molecule has 1 aliphatic rings. The minimum atomic E-state index is -0.602. The van der Waals surface area contributed by atoms with E-state index in [9.17, 15) is 5.11 Å². The van der Waals surface area contributed by atoms with Crippen LogP contribution in [-0.2, 0) is 20.8 Å². The first-order valence-electron chi connectivity index (χ1n) is 7.49. The Kier molecular flexibility index (Phi) is 5.97. The first kappa shape index (κ1) is 17.0. The zero-order chi connectivity index (χ0) is 16.0. The summed E-state index contributed by atoms with van der Waals surface area (Å²) in [7, 11) is 1.60. The Balaban J connectivity index is 2.09. The predicted octanol–water partition coefficient (Wildman–Crippen LogP) is 1.82. The summed E-state index contributed by atoms with van der Waals surface area (Å²) >= 11 is 0. The van der Waals surface area contributed by atoms with Gasteiger partial charge in [0, 0.05) is 6.54 Å². The molecule has 0 bridgehead atoms. The smallest absolute Gasteiger partial charge is 0.163 e. The van der Waals surface area contributed by atoms with E-state index in [1.165, 1.54) is 5.56 Å². The number of hydrogen-bond acceptors (Lipinski definition) is 5. The quantitative estimate of drug-likeness (QED) is 0.753. The third kappa shape index (κ3) is 4.55. The first-order valence-corrected chi connectivity index (χ1v) is 7.49. The van der Waals surface area contributed by atoms with Crippen molar-refractivity contribution >= 4 is 0 Å². The largest absolute Gasteiger partial charge is 0.500 e. The minimum absolute atomic E-state index is 0.0797. The number of hydrogen-bond donors (Lipinski definition) is 2. The lowest BCUT2D eigenvalue weighted by molar-refractivity contribution is -0.141. The van der Waals surface area contributed by atoms with Crippen molar-refractivity contribution in [2.24, 2.45) is 0 Å². The van der Waals surface area contributed by atoms with Crippen molar-refractivity contribution < 1.29 is 19.3 Å². The molecule has 0 amide bonds. The van der Waals surface area contributed by atoms with Crippen LogP contribution in [0.1, 0.15) is 19.4 Å². The monoisotopic (exact) mass is 307 g/mol. The van der Waals surface area contributed by atoms with Crippen LogP contribution in [0.3, 0.4) is 0 Å². The maximum absolute atomic E-state index is 9.19. The van der Waals surface area contributed by atoms with E-state index in [0.29, 0.717) is 18.9 Å². The highest BCUT2D eigenvalue weighted by atomic mass is 16.7. The van der Waals surface area contributed by atoms with Gasteiger partial charge in [-0.05, 0) is 25.5 Å². The number of rotatable bonds is 7. The summed E-state index contributed by atoms with van der Waals surface area (Å²) in [5, 5.41) is 12.6. The maximum atomic E-state index is 9.19. The molecule has 2 N–H and O–H groups in total. The highest BCUT2D eigenvalue weighted by Gasteiger charge is 2.39. The summed E-state index contributed by atoms with van der Waals surface area (Å²) < 4.78 is 17.0. The van der Waals surface area contributed by atoms with Gasteiger partial charge in [0.25, 0.3) is 0 Å².